The molecule has 1 heterocycles. The second-order valence-electron chi connectivity index (χ2n) is 8.12. The van der Waals surface area contributed by atoms with Crippen LogP contribution in [0.5, 0.6) is 0 Å². The summed E-state index contributed by atoms with van der Waals surface area (Å²) in [6.07, 6.45) is 2.25. The van der Waals surface area contributed by atoms with Crippen LogP contribution in [0.1, 0.15) is 74.2 Å². The molecule has 27 heavy (non-hydrogen) atoms. The van der Waals surface area contributed by atoms with Crippen molar-refractivity contribution in [3.05, 3.63) is 47.3 Å². The summed E-state index contributed by atoms with van der Waals surface area (Å²) in [5.41, 5.74) is 1.93. The average molecular weight is 391 g/mol. The highest BCUT2D eigenvalue weighted by atomic mass is 32.2. The molecule has 3 rings (SSSR count). The Morgan fingerprint density at radius 1 is 1.30 bits per heavy atom. The van der Waals surface area contributed by atoms with Gasteiger partial charge in [-0.1, -0.05) is 12.1 Å². The molecule has 1 aromatic carbocycles. The molecule has 1 amide bonds. The molecule has 1 fully saturated rings. The number of carbonyl (C=O) groups excluding carboxylic acids is 1. The van der Waals surface area contributed by atoms with Crippen molar-refractivity contribution in [3.63, 3.8) is 0 Å². The zero-order valence-corrected chi connectivity index (χ0v) is 16.9. The van der Waals surface area contributed by atoms with Crippen LogP contribution in [0.25, 0.3) is 0 Å². The van der Waals surface area contributed by atoms with Gasteiger partial charge in [-0.25, -0.2) is 13.6 Å². The first-order valence-electron chi connectivity index (χ1n) is 9.01. The summed E-state index contributed by atoms with van der Waals surface area (Å²) in [6.45, 7) is 7.99. The minimum Gasteiger partial charge on any atom is -0.344 e. The Bertz CT molecular complexity index is 969. The first-order chi connectivity index (χ1) is 12.5. The quantitative estimate of drug-likeness (QED) is 0.818. The van der Waals surface area contributed by atoms with Gasteiger partial charge in [-0.2, -0.15) is 5.10 Å². The summed E-state index contributed by atoms with van der Waals surface area (Å²) < 4.78 is 25.0. The van der Waals surface area contributed by atoms with Gasteiger partial charge in [0.1, 0.15) is 5.69 Å². The minimum absolute atomic E-state index is 0.0223. The number of hydrogen-bond acceptors (Lipinski definition) is 4. The summed E-state index contributed by atoms with van der Waals surface area (Å²) in [4.78, 5) is 12.7. The highest BCUT2D eigenvalue weighted by Crippen LogP contribution is 2.41. The number of nitrogens with one attached hydrogen (secondary N) is 1. The molecule has 0 bridgehead atoms. The molecular weight excluding hydrogens is 364 g/mol. The summed E-state index contributed by atoms with van der Waals surface area (Å²) in [6, 6.07) is 7.75. The zero-order chi connectivity index (χ0) is 20.0. The molecule has 0 saturated heterocycles. The van der Waals surface area contributed by atoms with Gasteiger partial charge in [0.05, 0.1) is 16.5 Å². The number of nitrogens with two attached hydrogens (primary N) is 1. The Labute approximate surface area is 160 Å². The Morgan fingerprint density at radius 3 is 2.52 bits per heavy atom. The molecule has 0 spiro atoms. The molecule has 2 aromatic rings. The Kier molecular flexibility index (Phi) is 4.90. The van der Waals surface area contributed by atoms with Crippen LogP contribution in [0.4, 0.5) is 0 Å². The van der Waals surface area contributed by atoms with Crippen LogP contribution < -0.4 is 10.5 Å². The van der Waals surface area contributed by atoms with E-state index in [1.807, 2.05) is 10.7 Å². The monoisotopic (exact) mass is 390 g/mol. The number of benzene rings is 1. The van der Waals surface area contributed by atoms with E-state index in [9.17, 15) is 13.2 Å². The van der Waals surface area contributed by atoms with Crippen molar-refractivity contribution in [1.29, 1.82) is 0 Å². The van der Waals surface area contributed by atoms with E-state index < -0.39 is 10.0 Å². The van der Waals surface area contributed by atoms with Gasteiger partial charge in [-0.3, -0.25) is 9.48 Å². The number of carbonyl (C=O) groups is 1. The number of nitrogens with zero attached hydrogens (tertiary/aromatic N) is 2. The maximum absolute atomic E-state index is 12.7. The maximum atomic E-state index is 12.7. The van der Waals surface area contributed by atoms with Crippen LogP contribution in [0.3, 0.4) is 0 Å². The van der Waals surface area contributed by atoms with E-state index in [4.69, 9.17) is 5.14 Å². The van der Waals surface area contributed by atoms with Gasteiger partial charge in [0.25, 0.3) is 5.91 Å². The molecule has 1 aliphatic carbocycles. The maximum Gasteiger partial charge on any atom is 0.272 e. The van der Waals surface area contributed by atoms with Gasteiger partial charge in [0, 0.05) is 11.6 Å². The van der Waals surface area contributed by atoms with Crippen LogP contribution in [-0.2, 0) is 15.6 Å². The van der Waals surface area contributed by atoms with Crippen LogP contribution in [0.2, 0.25) is 0 Å². The smallest absolute Gasteiger partial charge is 0.272 e. The second-order valence-corrected chi connectivity index (χ2v) is 9.69. The van der Waals surface area contributed by atoms with Crippen LogP contribution in [-0.4, -0.2) is 24.1 Å². The van der Waals surface area contributed by atoms with Gasteiger partial charge in [0.2, 0.25) is 10.0 Å². The topological polar surface area (TPSA) is 107 Å². The number of hydrogen-bond donors (Lipinski definition) is 2. The minimum atomic E-state index is -3.79. The number of rotatable bonds is 5. The molecule has 1 atom stereocenters. The summed E-state index contributed by atoms with van der Waals surface area (Å²) in [5, 5.41) is 12.6. The lowest BCUT2D eigenvalue weighted by Gasteiger charge is -2.22. The second kappa shape index (κ2) is 6.76. The zero-order valence-electron chi connectivity index (χ0n) is 16.1. The third-order valence-corrected chi connectivity index (χ3v) is 5.55. The first-order valence-corrected chi connectivity index (χ1v) is 10.6. The summed E-state index contributed by atoms with van der Waals surface area (Å²) in [7, 11) is -3.79. The molecular formula is C19H26N4O3S. The van der Waals surface area contributed by atoms with E-state index >= 15 is 0 Å². The fourth-order valence-corrected chi connectivity index (χ4v) is 3.60. The lowest BCUT2D eigenvalue weighted by atomic mass is 10.1. The van der Waals surface area contributed by atoms with E-state index in [2.05, 4.69) is 31.2 Å². The molecule has 1 unspecified atom stereocenters. The molecule has 146 valence electrons. The van der Waals surface area contributed by atoms with Crippen molar-refractivity contribution >= 4 is 15.9 Å². The Balaban J connectivity index is 1.81. The predicted octanol–water partition coefficient (Wildman–Crippen LogP) is 2.65. The summed E-state index contributed by atoms with van der Waals surface area (Å²) in [5.74, 6) is 0.190. The van der Waals surface area contributed by atoms with Gasteiger partial charge >= 0.3 is 0 Å². The highest BCUT2D eigenvalue weighted by molar-refractivity contribution is 7.89. The van der Waals surface area contributed by atoms with Gasteiger partial charge in [-0.05, 0) is 64.3 Å². The van der Waals surface area contributed by atoms with E-state index in [1.165, 1.54) is 12.1 Å². The lowest BCUT2D eigenvalue weighted by molar-refractivity contribution is 0.0933. The number of sulfonamides is 1. The lowest BCUT2D eigenvalue weighted by Crippen LogP contribution is -2.29. The van der Waals surface area contributed by atoms with Gasteiger partial charge in [0.15, 0.2) is 0 Å². The number of primary sulfonamides is 1. The fourth-order valence-electron chi connectivity index (χ4n) is 3.03. The molecule has 3 N–H and O–H groups in total. The molecule has 1 aromatic heterocycles. The molecule has 8 heteroatoms. The van der Waals surface area contributed by atoms with E-state index in [1.54, 1.807) is 19.1 Å². The van der Waals surface area contributed by atoms with Crippen molar-refractivity contribution in [2.24, 2.45) is 5.14 Å². The van der Waals surface area contributed by atoms with Gasteiger partial charge < -0.3 is 5.32 Å². The third-order valence-electron chi connectivity index (χ3n) is 4.63. The first kappa shape index (κ1) is 19.6. The SMILES string of the molecule is CC(NC(=O)c1cc(C2CC2)n(C(C)(C)C)n1)c1cccc(S(N)(=O)=O)c1. The summed E-state index contributed by atoms with van der Waals surface area (Å²) >= 11 is 0. The van der Waals surface area contributed by atoms with Crippen molar-refractivity contribution in [2.45, 2.75) is 62.9 Å². The predicted molar refractivity (Wildman–Crippen MR) is 103 cm³/mol. The number of amides is 1. The molecule has 7 nitrogen and oxygen atoms in total. The Hall–Kier alpha value is -2.19. The largest absolute Gasteiger partial charge is 0.344 e. The van der Waals surface area contributed by atoms with Crippen molar-refractivity contribution in [1.82, 2.24) is 15.1 Å². The third kappa shape index (κ3) is 4.39. The van der Waals surface area contributed by atoms with Gasteiger partial charge in [-0.15, -0.1) is 0 Å². The van der Waals surface area contributed by atoms with Crippen molar-refractivity contribution < 1.29 is 13.2 Å². The van der Waals surface area contributed by atoms with Crippen LogP contribution in [0, 0.1) is 0 Å². The van der Waals surface area contributed by atoms with E-state index in [-0.39, 0.29) is 22.4 Å². The average Bonchev–Trinajstić information content (AvgIpc) is 3.30. The Morgan fingerprint density at radius 2 is 1.96 bits per heavy atom. The normalized spacial score (nSPS) is 16.2. The molecule has 0 aliphatic heterocycles. The van der Waals surface area contributed by atoms with Crippen molar-refractivity contribution in [2.75, 3.05) is 0 Å². The van der Waals surface area contributed by atoms with E-state index in [0.29, 0.717) is 17.2 Å². The van der Waals surface area contributed by atoms with Crippen LogP contribution >= 0.6 is 0 Å². The molecule has 1 saturated carbocycles. The number of aromatic nitrogens is 2. The van der Waals surface area contributed by atoms with Crippen LogP contribution in [0.15, 0.2) is 35.2 Å². The highest BCUT2D eigenvalue weighted by Gasteiger charge is 2.32. The van der Waals surface area contributed by atoms with E-state index in [0.717, 1.165) is 18.5 Å². The standard InChI is InChI=1S/C19H26N4O3S/c1-12(14-6-5-7-15(10-14)27(20,25)26)21-18(24)16-11-17(13-8-9-13)23(22-16)19(2,3)4/h5-7,10-13H,8-9H2,1-4H3,(H,21,24)(H2,20,25,26). The fraction of sp³-hybridized carbons (Fsp3) is 0.474. The molecule has 1 aliphatic rings. The molecule has 0 radical (unpaired) electrons. The van der Waals surface area contributed by atoms with Crippen molar-refractivity contribution in [3.8, 4) is 0 Å².